The first-order chi connectivity index (χ1) is 9.59. The van der Waals surface area contributed by atoms with Gasteiger partial charge in [-0.25, -0.2) is 4.79 Å². The molecule has 0 aromatic heterocycles. The van der Waals surface area contributed by atoms with E-state index in [4.69, 9.17) is 9.47 Å². The molecule has 2 rings (SSSR count). The fraction of sp³-hybridized carbons (Fsp3) is 0.533. The van der Waals surface area contributed by atoms with E-state index in [0.29, 0.717) is 11.5 Å². The minimum absolute atomic E-state index is 0.531. The summed E-state index contributed by atoms with van der Waals surface area (Å²) >= 11 is 3.55. The fourth-order valence-electron chi connectivity index (χ4n) is 2.98. The summed E-state index contributed by atoms with van der Waals surface area (Å²) in [5.41, 5.74) is 1.34. The normalized spacial score (nSPS) is 16.6. The zero-order valence-corrected chi connectivity index (χ0v) is 13.5. The Morgan fingerprint density at radius 3 is 2.35 bits per heavy atom. The van der Waals surface area contributed by atoms with Gasteiger partial charge < -0.3 is 9.47 Å². The maximum Gasteiger partial charge on any atom is 0.235 e. The third-order valence-corrected chi connectivity index (χ3v) is 4.84. The number of isocyanates is 1. The first-order valence-corrected chi connectivity index (χ1v) is 7.39. The van der Waals surface area contributed by atoms with Crippen LogP contribution >= 0.6 is 15.9 Å². The monoisotopic (exact) mass is 339 g/mol. The molecule has 0 radical (unpaired) electrons. The van der Waals surface area contributed by atoms with E-state index >= 15 is 0 Å². The first-order valence-electron chi connectivity index (χ1n) is 6.60. The van der Waals surface area contributed by atoms with Crippen molar-refractivity contribution in [2.75, 3.05) is 14.2 Å². The Morgan fingerprint density at radius 1 is 1.25 bits per heavy atom. The van der Waals surface area contributed by atoms with Crippen LogP contribution in [0.25, 0.3) is 0 Å². The van der Waals surface area contributed by atoms with Gasteiger partial charge in [0, 0.05) is 15.6 Å². The molecule has 1 aliphatic rings. The van der Waals surface area contributed by atoms with Crippen LogP contribution < -0.4 is 9.47 Å². The number of methoxy groups -OCH3 is 2. The molecule has 0 unspecified atom stereocenters. The van der Waals surface area contributed by atoms with Crippen LogP contribution in [0.2, 0.25) is 0 Å². The smallest absolute Gasteiger partial charge is 0.235 e. The second kappa shape index (κ2) is 5.98. The lowest BCUT2D eigenvalue weighted by Gasteiger charge is -2.27. The molecular formula is C15H18BrNO3. The van der Waals surface area contributed by atoms with E-state index in [0.717, 1.165) is 41.3 Å². The molecule has 1 saturated carbocycles. The van der Waals surface area contributed by atoms with Crippen molar-refractivity contribution in [3.05, 3.63) is 21.7 Å². The van der Waals surface area contributed by atoms with E-state index in [1.165, 1.54) is 0 Å². The highest BCUT2D eigenvalue weighted by atomic mass is 79.9. The Labute approximate surface area is 127 Å². The standard InChI is InChI=1S/C15H18BrNO3/c1-10-12(16)8-11(14(20-3)13(10)19-2)15(17-9-18)6-4-5-7-15/h8H,4-7H2,1-3H3. The molecule has 1 fully saturated rings. The third-order valence-electron chi connectivity index (χ3n) is 4.02. The molecule has 1 aliphatic carbocycles. The number of nitrogens with zero attached hydrogens (tertiary/aromatic N) is 1. The van der Waals surface area contributed by atoms with Gasteiger partial charge in [-0.05, 0) is 25.8 Å². The van der Waals surface area contributed by atoms with Crippen molar-refractivity contribution in [3.63, 3.8) is 0 Å². The minimum atomic E-state index is -0.531. The molecule has 0 aliphatic heterocycles. The number of carbonyl (C=O) groups excluding carboxylic acids is 1. The van der Waals surface area contributed by atoms with Crippen molar-refractivity contribution in [1.82, 2.24) is 0 Å². The van der Waals surface area contributed by atoms with Crippen LogP contribution in [0.3, 0.4) is 0 Å². The molecule has 1 aromatic carbocycles. The Kier molecular flexibility index (Phi) is 4.51. The summed E-state index contributed by atoms with van der Waals surface area (Å²) in [5.74, 6) is 1.35. The van der Waals surface area contributed by atoms with Crippen LogP contribution in [0.15, 0.2) is 15.5 Å². The Balaban J connectivity index is 2.72. The Hall–Kier alpha value is -1.32. The zero-order chi connectivity index (χ0) is 14.8. The molecule has 5 heteroatoms. The molecule has 20 heavy (non-hydrogen) atoms. The van der Waals surface area contributed by atoms with Crippen LogP contribution in [-0.2, 0) is 10.3 Å². The molecule has 1 aromatic rings. The summed E-state index contributed by atoms with van der Waals surface area (Å²) in [7, 11) is 3.23. The van der Waals surface area contributed by atoms with Crippen LogP contribution in [0.4, 0.5) is 0 Å². The average molecular weight is 340 g/mol. The van der Waals surface area contributed by atoms with E-state index in [1.54, 1.807) is 20.3 Å². The molecule has 0 amide bonds. The van der Waals surface area contributed by atoms with Crippen molar-refractivity contribution in [1.29, 1.82) is 0 Å². The number of hydrogen-bond donors (Lipinski definition) is 0. The summed E-state index contributed by atoms with van der Waals surface area (Å²) in [6.45, 7) is 1.96. The van der Waals surface area contributed by atoms with Gasteiger partial charge in [-0.15, -0.1) is 0 Å². The molecule has 0 saturated heterocycles. The van der Waals surface area contributed by atoms with Crippen molar-refractivity contribution in [3.8, 4) is 11.5 Å². The van der Waals surface area contributed by atoms with Gasteiger partial charge in [0.15, 0.2) is 11.5 Å². The Morgan fingerprint density at radius 2 is 1.85 bits per heavy atom. The van der Waals surface area contributed by atoms with Crippen molar-refractivity contribution < 1.29 is 14.3 Å². The zero-order valence-electron chi connectivity index (χ0n) is 12.0. The van der Waals surface area contributed by atoms with Crippen molar-refractivity contribution in [2.45, 2.75) is 38.1 Å². The predicted molar refractivity (Wildman–Crippen MR) is 80.3 cm³/mol. The summed E-state index contributed by atoms with van der Waals surface area (Å²) in [4.78, 5) is 15.0. The number of benzene rings is 1. The van der Waals surface area contributed by atoms with Crippen LogP contribution in [0, 0.1) is 6.92 Å². The van der Waals surface area contributed by atoms with E-state index in [-0.39, 0.29) is 0 Å². The summed E-state index contributed by atoms with van der Waals surface area (Å²) in [6, 6.07) is 1.99. The average Bonchev–Trinajstić information content (AvgIpc) is 2.91. The second-order valence-corrected chi connectivity index (χ2v) is 5.89. The summed E-state index contributed by atoms with van der Waals surface area (Å²) in [5, 5.41) is 0. The fourth-order valence-corrected chi connectivity index (χ4v) is 3.39. The van der Waals surface area contributed by atoms with E-state index < -0.39 is 5.54 Å². The first kappa shape index (κ1) is 15.1. The maximum absolute atomic E-state index is 10.9. The minimum Gasteiger partial charge on any atom is -0.493 e. The van der Waals surface area contributed by atoms with Gasteiger partial charge in [0.2, 0.25) is 6.08 Å². The molecule has 108 valence electrons. The molecule has 0 heterocycles. The number of halogens is 1. The summed E-state index contributed by atoms with van der Waals surface area (Å²) < 4.78 is 12.0. The number of hydrogen-bond acceptors (Lipinski definition) is 4. The SMILES string of the molecule is COc1c(C2(N=C=O)CCCC2)cc(Br)c(C)c1OC. The van der Waals surface area contributed by atoms with E-state index in [9.17, 15) is 4.79 Å². The predicted octanol–water partition coefficient (Wildman–Crippen LogP) is 3.88. The number of ether oxygens (including phenoxy) is 2. The number of aliphatic imine (C=N–C) groups is 1. The molecule has 0 spiro atoms. The van der Waals surface area contributed by atoms with Gasteiger partial charge in [-0.1, -0.05) is 28.8 Å². The van der Waals surface area contributed by atoms with Gasteiger partial charge in [0.25, 0.3) is 0 Å². The molecule has 0 atom stereocenters. The lowest BCUT2D eigenvalue weighted by molar-refractivity contribution is 0.335. The van der Waals surface area contributed by atoms with Crippen molar-refractivity contribution in [2.24, 2.45) is 4.99 Å². The lowest BCUT2D eigenvalue weighted by Crippen LogP contribution is -2.20. The molecule has 0 bridgehead atoms. The van der Waals surface area contributed by atoms with Crippen LogP contribution in [-0.4, -0.2) is 20.3 Å². The van der Waals surface area contributed by atoms with E-state index in [1.807, 2.05) is 13.0 Å². The topological polar surface area (TPSA) is 47.9 Å². The maximum atomic E-state index is 10.9. The highest BCUT2D eigenvalue weighted by Gasteiger charge is 2.39. The molecule has 4 nitrogen and oxygen atoms in total. The van der Waals surface area contributed by atoms with Crippen LogP contribution in [0.1, 0.15) is 36.8 Å². The van der Waals surface area contributed by atoms with Gasteiger partial charge in [-0.3, -0.25) is 0 Å². The number of rotatable bonds is 4. The molecule has 0 N–H and O–H groups in total. The quantitative estimate of drug-likeness (QED) is 0.617. The van der Waals surface area contributed by atoms with Gasteiger partial charge in [0.1, 0.15) is 5.54 Å². The van der Waals surface area contributed by atoms with E-state index in [2.05, 4.69) is 20.9 Å². The lowest BCUT2D eigenvalue weighted by atomic mass is 9.87. The second-order valence-electron chi connectivity index (χ2n) is 5.04. The highest BCUT2D eigenvalue weighted by molar-refractivity contribution is 9.10. The third kappa shape index (κ3) is 2.36. The Bertz CT molecular complexity index is 559. The highest BCUT2D eigenvalue weighted by Crippen LogP contribution is 2.50. The van der Waals surface area contributed by atoms with Gasteiger partial charge >= 0.3 is 0 Å². The van der Waals surface area contributed by atoms with Crippen LogP contribution in [0.5, 0.6) is 11.5 Å². The van der Waals surface area contributed by atoms with Gasteiger partial charge in [-0.2, -0.15) is 4.99 Å². The summed E-state index contributed by atoms with van der Waals surface area (Å²) in [6.07, 6.45) is 5.48. The molecular weight excluding hydrogens is 322 g/mol. The largest absolute Gasteiger partial charge is 0.493 e. The van der Waals surface area contributed by atoms with Gasteiger partial charge in [0.05, 0.1) is 14.2 Å². The van der Waals surface area contributed by atoms with Crippen molar-refractivity contribution >= 4 is 22.0 Å².